The van der Waals surface area contributed by atoms with Gasteiger partial charge >= 0.3 is 6.03 Å². The smallest absolute Gasteiger partial charge is 0.325 e. The van der Waals surface area contributed by atoms with Gasteiger partial charge in [-0.25, -0.2) is 4.79 Å². The summed E-state index contributed by atoms with van der Waals surface area (Å²) in [5.74, 6) is 0.398. The first-order chi connectivity index (χ1) is 14.5. The average Bonchev–Trinajstić information content (AvgIpc) is 3.02. The third-order valence-corrected chi connectivity index (χ3v) is 4.94. The predicted octanol–water partition coefficient (Wildman–Crippen LogP) is 1.96. The number of hydrogen-bond acceptors (Lipinski definition) is 5. The van der Waals surface area contributed by atoms with Crippen molar-refractivity contribution in [3.05, 3.63) is 59.7 Å². The molecule has 0 bridgehead atoms. The fourth-order valence-corrected chi connectivity index (χ4v) is 3.21. The molecule has 30 heavy (non-hydrogen) atoms. The molecule has 1 atom stereocenters. The number of hydrogen-bond donors (Lipinski definition) is 3. The molecule has 0 unspecified atom stereocenters. The maximum atomic E-state index is 12.5. The number of carbonyl (C=O) groups excluding carboxylic acids is 3. The summed E-state index contributed by atoms with van der Waals surface area (Å²) in [5, 5.41) is 14.7. The normalized spacial score (nSPS) is 15.8. The van der Waals surface area contributed by atoms with Crippen molar-refractivity contribution in [1.82, 2.24) is 15.5 Å². The lowest BCUT2D eigenvalue weighted by Gasteiger charge is -2.13. The molecule has 2 aromatic rings. The standard InChI is InChI=1S/C22H25N3O5/c1-30-18-8-4-16(5-9-18)14-25-21(28)19(24-22(25)29)10-11-20(27)23-13-12-15-2-6-17(26)7-3-15/h2-9,19,26H,10-14H2,1H3,(H,23,27)(H,24,29)/t19-/m0/s1. The quantitative estimate of drug-likeness (QED) is 0.547. The minimum atomic E-state index is -0.696. The van der Waals surface area contributed by atoms with E-state index in [4.69, 9.17) is 4.74 Å². The van der Waals surface area contributed by atoms with E-state index in [1.807, 2.05) is 0 Å². The van der Waals surface area contributed by atoms with Gasteiger partial charge in [0.1, 0.15) is 17.5 Å². The molecule has 0 spiro atoms. The summed E-state index contributed by atoms with van der Waals surface area (Å²) in [6, 6.07) is 12.8. The summed E-state index contributed by atoms with van der Waals surface area (Å²) in [7, 11) is 1.57. The van der Waals surface area contributed by atoms with Gasteiger partial charge in [-0.3, -0.25) is 14.5 Å². The maximum Gasteiger partial charge on any atom is 0.325 e. The number of carbonyl (C=O) groups is 3. The topological polar surface area (TPSA) is 108 Å². The van der Waals surface area contributed by atoms with E-state index < -0.39 is 12.1 Å². The first kappa shape index (κ1) is 21.2. The van der Waals surface area contributed by atoms with E-state index in [1.165, 1.54) is 0 Å². The molecular weight excluding hydrogens is 386 g/mol. The lowest BCUT2D eigenvalue weighted by atomic mass is 10.1. The van der Waals surface area contributed by atoms with Crippen molar-refractivity contribution < 1.29 is 24.2 Å². The maximum absolute atomic E-state index is 12.5. The van der Waals surface area contributed by atoms with E-state index >= 15 is 0 Å². The molecule has 8 nitrogen and oxygen atoms in total. The molecule has 1 fully saturated rings. The van der Waals surface area contributed by atoms with Gasteiger partial charge in [0.15, 0.2) is 0 Å². The van der Waals surface area contributed by atoms with E-state index in [9.17, 15) is 19.5 Å². The molecule has 0 saturated carbocycles. The van der Waals surface area contributed by atoms with Gasteiger partial charge in [-0.05, 0) is 48.2 Å². The van der Waals surface area contributed by atoms with Crippen molar-refractivity contribution in [2.24, 2.45) is 0 Å². The largest absolute Gasteiger partial charge is 0.508 e. The molecule has 158 valence electrons. The highest BCUT2D eigenvalue weighted by Crippen LogP contribution is 2.17. The van der Waals surface area contributed by atoms with Crippen LogP contribution in [0.1, 0.15) is 24.0 Å². The number of benzene rings is 2. The van der Waals surface area contributed by atoms with Crippen LogP contribution in [0.2, 0.25) is 0 Å². The average molecular weight is 411 g/mol. The number of rotatable bonds is 9. The Bertz CT molecular complexity index is 896. The van der Waals surface area contributed by atoms with Crippen molar-refractivity contribution in [3.8, 4) is 11.5 Å². The van der Waals surface area contributed by atoms with E-state index in [2.05, 4.69) is 10.6 Å². The summed E-state index contributed by atoms with van der Waals surface area (Å²) in [6.45, 7) is 0.627. The van der Waals surface area contributed by atoms with E-state index in [0.29, 0.717) is 18.7 Å². The third-order valence-electron chi connectivity index (χ3n) is 4.94. The number of amides is 4. The molecule has 0 radical (unpaired) electrons. The molecule has 0 aromatic heterocycles. The lowest BCUT2D eigenvalue weighted by Crippen LogP contribution is -2.33. The molecule has 0 aliphatic carbocycles. The zero-order valence-electron chi connectivity index (χ0n) is 16.8. The number of phenolic OH excluding ortho intramolecular Hbond substituents is 1. The summed E-state index contributed by atoms with van der Waals surface area (Å²) < 4.78 is 5.10. The second kappa shape index (κ2) is 9.78. The van der Waals surface area contributed by atoms with Crippen molar-refractivity contribution in [1.29, 1.82) is 0 Å². The van der Waals surface area contributed by atoms with Gasteiger partial charge in [0.05, 0.1) is 13.7 Å². The van der Waals surface area contributed by atoms with Crippen LogP contribution in [-0.2, 0) is 22.6 Å². The molecule has 1 aliphatic heterocycles. The van der Waals surface area contributed by atoms with E-state index in [0.717, 1.165) is 16.0 Å². The summed E-state index contributed by atoms with van der Waals surface area (Å²) in [5.41, 5.74) is 1.81. The Morgan fingerprint density at radius 3 is 2.43 bits per heavy atom. The molecule has 3 rings (SSSR count). The molecule has 1 heterocycles. The second-order valence-corrected chi connectivity index (χ2v) is 7.08. The SMILES string of the molecule is COc1ccc(CN2C(=O)N[C@@H](CCC(=O)NCCc3ccc(O)cc3)C2=O)cc1. The molecule has 1 saturated heterocycles. The van der Waals surface area contributed by atoms with Gasteiger partial charge in [0, 0.05) is 13.0 Å². The zero-order chi connectivity index (χ0) is 21.5. The van der Waals surface area contributed by atoms with Gasteiger partial charge in [-0.1, -0.05) is 24.3 Å². The van der Waals surface area contributed by atoms with Crippen molar-refractivity contribution in [2.75, 3.05) is 13.7 Å². The van der Waals surface area contributed by atoms with Crippen LogP contribution < -0.4 is 15.4 Å². The van der Waals surface area contributed by atoms with Gasteiger partial charge in [-0.2, -0.15) is 0 Å². The number of aromatic hydroxyl groups is 1. The number of nitrogens with zero attached hydrogens (tertiary/aromatic N) is 1. The van der Waals surface area contributed by atoms with Crippen molar-refractivity contribution in [3.63, 3.8) is 0 Å². The number of phenols is 1. The lowest BCUT2D eigenvalue weighted by molar-refractivity contribution is -0.128. The monoisotopic (exact) mass is 411 g/mol. The third kappa shape index (κ3) is 5.50. The molecule has 4 amide bonds. The highest BCUT2D eigenvalue weighted by atomic mass is 16.5. The Kier molecular flexibility index (Phi) is 6.90. The van der Waals surface area contributed by atoms with Crippen LogP contribution in [0.15, 0.2) is 48.5 Å². The number of nitrogens with one attached hydrogen (secondary N) is 2. The minimum Gasteiger partial charge on any atom is -0.508 e. The van der Waals surface area contributed by atoms with Crippen LogP contribution in [0.5, 0.6) is 11.5 Å². The van der Waals surface area contributed by atoms with Crippen LogP contribution in [-0.4, -0.2) is 47.5 Å². The highest BCUT2D eigenvalue weighted by Gasteiger charge is 2.37. The van der Waals surface area contributed by atoms with Gasteiger partial charge in [0.2, 0.25) is 5.91 Å². The number of ether oxygens (including phenoxy) is 1. The second-order valence-electron chi connectivity index (χ2n) is 7.08. The number of methoxy groups -OCH3 is 1. The first-order valence-corrected chi connectivity index (χ1v) is 9.75. The molecular formula is C22H25N3O5. The highest BCUT2D eigenvalue weighted by molar-refractivity contribution is 6.04. The number of imide groups is 1. The molecule has 1 aliphatic rings. The Hall–Kier alpha value is -3.55. The van der Waals surface area contributed by atoms with Crippen LogP contribution in [0.4, 0.5) is 4.79 Å². The van der Waals surface area contributed by atoms with Crippen LogP contribution in [0, 0.1) is 0 Å². The molecule has 2 aromatic carbocycles. The van der Waals surface area contributed by atoms with Crippen LogP contribution >= 0.6 is 0 Å². The summed E-state index contributed by atoms with van der Waals surface area (Å²) in [6.07, 6.45) is 1.03. The van der Waals surface area contributed by atoms with Gasteiger partial charge in [-0.15, -0.1) is 0 Å². The van der Waals surface area contributed by atoms with E-state index in [1.54, 1.807) is 55.6 Å². The van der Waals surface area contributed by atoms with E-state index in [-0.39, 0.29) is 37.0 Å². The minimum absolute atomic E-state index is 0.142. The Labute approximate surface area is 174 Å². The Morgan fingerprint density at radius 2 is 1.77 bits per heavy atom. The Balaban J connectivity index is 1.42. The van der Waals surface area contributed by atoms with Crippen molar-refractivity contribution >= 4 is 17.8 Å². The van der Waals surface area contributed by atoms with Gasteiger partial charge in [0.25, 0.3) is 5.91 Å². The summed E-state index contributed by atoms with van der Waals surface area (Å²) >= 11 is 0. The first-order valence-electron chi connectivity index (χ1n) is 9.75. The Morgan fingerprint density at radius 1 is 1.10 bits per heavy atom. The van der Waals surface area contributed by atoms with Crippen LogP contribution in [0.25, 0.3) is 0 Å². The van der Waals surface area contributed by atoms with Crippen LogP contribution in [0.3, 0.4) is 0 Å². The summed E-state index contributed by atoms with van der Waals surface area (Å²) in [4.78, 5) is 37.9. The fraction of sp³-hybridized carbons (Fsp3) is 0.318. The fourth-order valence-electron chi connectivity index (χ4n) is 3.21. The van der Waals surface area contributed by atoms with Gasteiger partial charge < -0.3 is 20.5 Å². The molecule has 8 heteroatoms. The zero-order valence-corrected chi connectivity index (χ0v) is 16.8. The molecule has 3 N–H and O–H groups in total. The number of urea groups is 1. The predicted molar refractivity (Wildman–Crippen MR) is 110 cm³/mol. The van der Waals surface area contributed by atoms with Crippen molar-refractivity contribution in [2.45, 2.75) is 31.8 Å².